The van der Waals surface area contributed by atoms with Crippen molar-refractivity contribution in [3.8, 4) is 0 Å². The van der Waals surface area contributed by atoms with Gasteiger partial charge in [0.05, 0.1) is 0 Å². The van der Waals surface area contributed by atoms with Gasteiger partial charge in [-0.1, -0.05) is 6.92 Å². The third-order valence-electron chi connectivity index (χ3n) is 2.77. The summed E-state index contributed by atoms with van der Waals surface area (Å²) in [5.41, 5.74) is -0.413. The van der Waals surface area contributed by atoms with E-state index in [9.17, 15) is 4.79 Å². The minimum Gasteiger partial charge on any atom is -0.444 e. The van der Waals surface area contributed by atoms with Gasteiger partial charge in [-0.2, -0.15) is 0 Å². The molecule has 0 radical (unpaired) electrons. The van der Waals surface area contributed by atoms with Crippen molar-refractivity contribution in [2.45, 2.75) is 58.7 Å². The van der Waals surface area contributed by atoms with Gasteiger partial charge in [0, 0.05) is 25.2 Å². The quantitative estimate of drug-likeness (QED) is 0.746. The zero-order valence-corrected chi connectivity index (χ0v) is 11.0. The molecule has 0 spiro atoms. The Morgan fingerprint density at radius 2 is 2.12 bits per heavy atom. The van der Waals surface area contributed by atoms with Crippen molar-refractivity contribution < 1.29 is 9.53 Å². The molecule has 16 heavy (non-hydrogen) atoms. The van der Waals surface area contributed by atoms with Gasteiger partial charge in [-0.25, -0.2) is 4.79 Å². The first kappa shape index (κ1) is 13.3. The first-order chi connectivity index (χ1) is 7.33. The number of rotatable bonds is 1. The summed E-state index contributed by atoms with van der Waals surface area (Å²) in [4.78, 5) is 13.8. The lowest BCUT2D eigenvalue weighted by atomic mass is 10.1. The van der Waals surface area contributed by atoms with E-state index in [1.807, 2.05) is 32.6 Å². The van der Waals surface area contributed by atoms with E-state index in [1.165, 1.54) is 0 Å². The predicted molar refractivity (Wildman–Crippen MR) is 64.5 cm³/mol. The summed E-state index contributed by atoms with van der Waals surface area (Å²) in [5, 5.41) is 3.42. The molecule has 0 aliphatic carbocycles. The van der Waals surface area contributed by atoms with Gasteiger partial charge in [0.15, 0.2) is 0 Å². The molecule has 1 N–H and O–H groups in total. The lowest BCUT2D eigenvalue weighted by Crippen LogP contribution is -2.57. The average Bonchev–Trinajstić information content (AvgIpc) is 2.15. The maximum absolute atomic E-state index is 12.0. The zero-order valence-electron chi connectivity index (χ0n) is 11.0. The predicted octanol–water partition coefficient (Wildman–Crippen LogP) is 1.99. The van der Waals surface area contributed by atoms with Gasteiger partial charge in [-0.3, -0.25) is 0 Å². The van der Waals surface area contributed by atoms with Gasteiger partial charge in [0.2, 0.25) is 0 Å². The second-order valence-electron chi connectivity index (χ2n) is 5.50. The number of carbonyl (C=O) groups excluding carboxylic acids is 1. The Kier molecular flexibility index (Phi) is 4.19. The highest BCUT2D eigenvalue weighted by atomic mass is 16.6. The molecule has 0 aromatic rings. The summed E-state index contributed by atoms with van der Waals surface area (Å²) in [6, 6.07) is 0.598. The molecule has 1 fully saturated rings. The van der Waals surface area contributed by atoms with E-state index >= 15 is 0 Å². The Bertz CT molecular complexity index is 248. The molecule has 2 unspecified atom stereocenters. The Labute approximate surface area is 98.3 Å². The van der Waals surface area contributed by atoms with Gasteiger partial charge in [-0.15, -0.1) is 0 Å². The van der Waals surface area contributed by atoms with E-state index in [0.717, 1.165) is 19.5 Å². The van der Waals surface area contributed by atoms with E-state index < -0.39 is 5.60 Å². The van der Waals surface area contributed by atoms with Crippen molar-refractivity contribution in [3.05, 3.63) is 0 Å². The van der Waals surface area contributed by atoms with Crippen LogP contribution in [0.2, 0.25) is 0 Å². The maximum Gasteiger partial charge on any atom is 0.410 e. The van der Waals surface area contributed by atoms with Crippen LogP contribution in [0.3, 0.4) is 0 Å². The number of hydrogen-bond donors (Lipinski definition) is 1. The summed E-state index contributed by atoms with van der Waals surface area (Å²) < 4.78 is 5.40. The van der Waals surface area contributed by atoms with E-state index in [-0.39, 0.29) is 12.1 Å². The Balaban J connectivity index is 2.59. The fourth-order valence-corrected chi connectivity index (χ4v) is 1.78. The van der Waals surface area contributed by atoms with Gasteiger partial charge in [0.1, 0.15) is 5.60 Å². The van der Waals surface area contributed by atoms with Crippen molar-refractivity contribution in [2.24, 2.45) is 0 Å². The lowest BCUT2D eigenvalue weighted by Gasteiger charge is -2.39. The molecule has 4 nitrogen and oxygen atoms in total. The molecule has 2 atom stereocenters. The molecule has 1 rings (SSSR count). The van der Waals surface area contributed by atoms with Crippen molar-refractivity contribution >= 4 is 6.09 Å². The van der Waals surface area contributed by atoms with Crippen LogP contribution in [0.15, 0.2) is 0 Å². The molecule has 94 valence electrons. The summed E-state index contributed by atoms with van der Waals surface area (Å²) in [5.74, 6) is 0. The first-order valence-electron chi connectivity index (χ1n) is 6.06. The lowest BCUT2D eigenvalue weighted by molar-refractivity contribution is 0.00952. The summed E-state index contributed by atoms with van der Waals surface area (Å²) >= 11 is 0. The monoisotopic (exact) mass is 228 g/mol. The smallest absolute Gasteiger partial charge is 0.410 e. The van der Waals surface area contributed by atoms with Gasteiger partial charge >= 0.3 is 6.09 Å². The van der Waals surface area contributed by atoms with Crippen LogP contribution in [0.4, 0.5) is 4.79 Å². The fourth-order valence-electron chi connectivity index (χ4n) is 1.78. The zero-order chi connectivity index (χ0) is 12.3. The molecule has 0 saturated carbocycles. The number of amides is 1. The molecule has 1 heterocycles. The van der Waals surface area contributed by atoms with Crippen LogP contribution in [0.5, 0.6) is 0 Å². The van der Waals surface area contributed by atoms with Crippen molar-refractivity contribution in [1.82, 2.24) is 10.2 Å². The summed E-state index contributed by atoms with van der Waals surface area (Å²) in [6.07, 6.45) is 0.839. The normalized spacial score (nSPS) is 26.7. The number of carbonyl (C=O) groups is 1. The van der Waals surface area contributed by atoms with E-state index in [2.05, 4.69) is 12.2 Å². The molecule has 1 aliphatic heterocycles. The second-order valence-corrected chi connectivity index (χ2v) is 5.50. The number of nitrogens with one attached hydrogen (secondary N) is 1. The van der Waals surface area contributed by atoms with Gasteiger partial charge < -0.3 is 15.0 Å². The maximum atomic E-state index is 12.0. The highest BCUT2D eigenvalue weighted by Gasteiger charge is 2.30. The Morgan fingerprint density at radius 1 is 1.50 bits per heavy atom. The van der Waals surface area contributed by atoms with E-state index in [4.69, 9.17) is 4.74 Å². The second kappa shape index (κ2) is 5.04. The number of nitrogens with zero attached hydrogens (tertiary/aromatic N) is 1. The van der Waals surface area contributed by atoms with Crippen LogP contribution in [-0.2, 0) is 4.74 Å². The van der Waals surface area contributed by atoms with Crippen LogP contribution in [0, 0.1) is 0 Å². The molecular formula is C12H24N2O2. The van der Waals surface area contributed by atoms with E-state index in [1.54, 1.807) is 0 Å². The minimum absolute atomic E-state index is 0.194. The fraction of sp³-hybridized carbons (Fsp3) is 0.917. The van der Waals surface area contributed by atoms with Crippen LogP contribution in [-0.4, -0.2) is 41.8 Å². The topological polar surface area (TPSA) is 41.6 Å². The Morgan fingerprint density at radius 3 is 2.62 bits per heavy atom. The average molecular weight is 228 g/mol. The third kappa shape index (κ3) is 3.67. The van der Waals surface area contributed by atoms with Gasteiger partial charge in [-0.05, 0) is 34.1 Å². The molecular weight excluding hydrogens is 204 g/mol. The molecule has 0 aromatic carbocycles. The van der Waals surface area contributed by atoms with Crippen molar-refractivity contribution in [3.63, 3.8) is 0 Å². The van der Waals surface area contributed by atoms with Gasteiger partial charge in [0.25, 0.3) is 0 Å². The van der Waals surface area contributed by atoms with Crippen LogP contribution >= 0.6 is 0 Å². The standard InChI is InChI=1S/C12H24N2O2/c1-6-10-8-14(9(2)7-13-10)11(15)16-12(3,4)5/h9-10,13H,6-8H2,1-5H3. The van der Waals surface area contributed by atoms with E-state index in [0.29, 0.717) is 6.04 Å². The summed E-state index contributed by atoms with van der Waals surface area (Å²) in [7, 11) is 0. The van der Waals surface area contributed by atoms with Crippen LogP contribution in [0.25, 0.3) is 0 Å². The summed E-state index contributed by atoms with van der Waals surface area (Å²) in [6.45, 7) is 11.5. The molecule has 0 bridgehead atoms. The molecule has 1 amide bonds. The number of hydrogen-bond acceptors (Lipinski definition) is 3. The minimum atomic E-state index is -0.413. The largest absolute Gasteiger partial charge is 0.444 e. The SMILES string of the molecule is CCC1CN(C(=O)OC(C)(C)C)C(C)CN1. The number of piperazine rings is 1. The van der Waals surface area contributed by atoms with Crippen molar-refractivity contribution in [2.75, 3.05) is 13.1 Å². The number of ether oxygens (including phenoxy) is 1. The molecule has 0 aromatic heterocycles. The van der Waals surface area contributed by atoms with Crippen molar-refractivity contribution in [1.29, 1.82) is 0 Å². The molecule has 1 saturated heterocycles. The molecule has 4 heteroatoms. The Hall–Kier alpha value is -0.770. The molecule has 1 aliphatic rings. The first-order valence-corrected chi connectivity index (χ1v) is 6.06. The van der Waals surface area contributed by atoms with Crippen LogP contribution < -0.4 is 5.32 Å². The van der Waals surface area contributed by atoms with Crippen LogP contribution in [0.1, 0.15) is 41.0 Å². The highest BCUT2D eigenvalue weighted by molar-refractivity contribution is 5.68. The third-order valence-corrected chi connectivity index (χ3v) is 2.77. The highest BCUT2D eigenvalue weighted by Crippen LogP contribution is 2.15.